The molecule has 1 N–H and O–H groups in total. The molecule has 5 nitrogen and oxygen atoms in total. The number of anilines is 1. The van der Waals surface area contributed by atoms with Gasteiger partial charge in [0.05, 0.1) is 18.4 Å². The van der Waals surface area contributed by atoms with Crippen molar-refractivity contribution < 1.29 is 0 Å². The van der Waals surface area contributed by atoms with Gasteiger partial charge < -0.3 is 10.2 Å². The van der Waals surface area contributed by atoms with Crippen LogP contribution >= 0.6 is 15.9 Å². The number of hydrogen-bond acceptors (Lipinski definition) is 4. The standard InChI is InChI=1S/C14H21BrN4O/c1-3-7-19-14(20)13(15)12(10-17-19)16-9-11-6-4-5-8-18(11)2/h3,10-11,16H,1,4-9H2,2H3. The van der Waals surface area contributed by atoms with Crippen LogP contribution in [0.25, 0.3) is 0 Å². The average molecular weight is 341 g/mol. The topological polar surface area (TPSA) is 50.2 Å². The largest absolute Gasteiger partial charge is 0.381 e. The van der Waals surface area contributed by atoms with E-state index in [9.17, 15) is 4.79 Å². The summed E-state index contributed by atoms with van der Waals surface area (Å²) in [5.41, 5.74) is 0.626. The molecule has 1 fully saturated rings. The molecule has 0 spiro atoms. The molecule has 1 aliphatic rings. The minimum absolute atomic E-state index is 0.133. The highest BCUT2D eigenvalue weighted by Crippen LogP contribution is 2.19. The van der Waals surface area contributed by atoms with Crippen molar-refractivity contribution in [2.75, 3.05) is 25.5 Å². The highest BCUT2D eigenvalue weighted by atomic mass is 79.9. The van der Waals surface area contributed by atoms with Crippen molar-refractivity contribution in [2.45, 2.75) is 31.8 Å². The normalized spacial score (nSPS) is 19.8. The number of hydrogen-bond donors (Lipinski definition) is 1. The van der Waals surface area contributed by atoms with E-state index in [1.165, 1.54) is 23.9 Å². The van der Waals surface area contributed by atoms with Gasteiger partial charge in [0.2, 0.25) is 0 Å². The molecule has 1 aromatic heterocycles. The Morgan fingerprint density at radius 1 is 1.60 bits per heavy atom. The molecule has 1 aromatic rings. The molecule has 6 heteroatoms. The lowest BCUT2D eigenvalue weighted by molar-refractivity contribution is 0.194. The summed E-state index contributed by atoms with van der Waals surface area (Å²) < 4.78 is 1.92. The Balaban J connectivity index is 2.04. The highest BCUT2D eigenvalue weighted by Gasteiger charge is 2.19. The van der Waals surface area contributed by atoms with E-state index >= 15 is 0 Å². The summed E-state index contributed by atoms with van der Waals surface area (Å²) in [6.07, 6.45) is 7.09. The van der Waals surface area contributed by atoms with Crippen LogP contribution in [0.5, 0.6) is 0 Å². The summed E-state index contributed by atoms with van der Waals surface area (Å²) in [5, 5.41) is 7.47. The number of likely N-dealkylation sites (N-methyl/N-ethyl adjacent to an activating group) is 1. The quantitative estimate of drug-likeness (QED) is 0.834. The number of nitrogens with zero attached hydrogens (tertiary/aromatic N) is 3. The van der Waals surface area contributed by atoms with Gasteiger partial charge in [-0.25, -0.2) is 4.68 Å². The monoisotopic (exact) mass is 340 g/mol. The lowest BCUT2D eigenvalue weighted by atomic mass is 10.0. The second-order valence-corrected chi connectivity index (χ2v) is 5.95. The molecule has 2 rings (SSSR count). The Bertz CT molecular complexity index is 528. The first kappa shape index (κ1) is 15.3. The number of allylic oxidation sites excluding steroid dienone is 1. The smallest absolute Gasteiger partial charge is 0.283 e. The van der Waals surface area contributed by atoms with Crippen LogP contribution in [0.4, 0.5) is 5.69 Å². The Morgan fingerprint density at radius 3 is 3.10 bits per heavy atom. The van der Waals surface area contributed by atoms with Gasteiger partial charge in [-0.05, 0) is 42.4 Å². The molecule has 0 bridgehead atoms. The fraction of sp³-hybridized carbons (Fsp3) is 0.571. The van der Waals surface area contributed by atoms with E-state index in [1.54, 1.807) is 12.3 Å². The number of rotatable bonds is 5. The van der Waals surface area contributed by atoms with Crippen molar-refractivity contribution in [1.29, 1.82) is 0 Å². The molecule has 0 amide bonds. The molecule has 1 aliphatic heterocycles. The minimum Gasteiger partial charge on any atom is -0.381 e. The lowest BCUT2D eigenvalue weighted by Gasteiger charge is -2.32. The van der Waals surface area contributed by atoms with Crippen LogP contribution in [0.15, 0.2) is 28.1 Å². The number of halogens is 1. The zero-order valence-corrected chi connectivity index (χ0v) is 13.4. The zero-order chi connectivity index (χ0) is 14.5. The third-order valence-corrected chi connectivity index (χ3v) is 4.50. The van der Waals surface area contributed by atoms with Crippen LogP contribution in [0, 0.1) is 0 Å². The first-order valence-corrected chi connectivity index (χ1v) is 7.73. The van der Waals surface area contributed by atoms with Gasteiger partial charge in [-0.15, -0.1) is 6.58 Å². The van der Waals surface area contributed by atoms with Crippen molar-refractivity contribution >= 4 is 21.6 Å². The summed E-state index contributed by atoms with van der Waals surface area (Å²) in [6.45, 7) is 6.02. The van der Waals surface area contributed by atoms with Gasteiger partial charge in [-0.1, -0.05) is 12.5 Å². The molecule has 0 saturated carbocycles. The molecule has 2 heterocycles. The summed E-state index contributed by atoms with van der Waals surface area (Å²) in [7, 11) is 2.15. The average Bonchev–Trinajstić information content (AvgIpc) is 2.45. The summed E-state index contributed by atoms with van der Waals surface area (Å²) in [5.74, 6) is 0. The molecule has 0 aliphatic carbocycles. The van der Waals surface area contributed by atoms with Gasteiger partial charge in [0.1, 0.15) is 4.47 Å². The maximum Gasteiger partial charge on any atom is 0.283 e. The van der Waals surface area contributed by atoms with Crippen molar-refractivity contribution in [2.24, 2.45) is 0 Å². The van der Waals surface area contributed by atoms with Crippen molar-refractivity contribution in [3.63, 3.8) is 0 Å². The maximum absolute atomic E-state index is 12.1. The second kappa shape index (κ2) is 7.04. The predicted molar refractivity (Wildman–Crippen MR) is 85.2 cm³/mol. The first-order chi connectivity index (χ1) is 9.63. The van der Waals surface area contributed by atoms with Gasteiger partial charge in [0, 0.05) is 12.6 Å². The highest BCUT2D eigenvalue weighted by molar-refractivity contribution is 9.10. The molecule has 0 aromatic carbocycles. The van der Waals surface area contributed by atoms with Crippen LogP contribution in [-0.2, 0) is 6.54 Å². The van der Waals surface area contributed by atoms with E-state index in [0.717, 1.165) is 18.8 Å². The molecule has 20 heavy (non-hydrogen) atoms. The summed E-state index contributed by atoms with van der Waals surface area (Å²) in [4.78, 5) is 14.4. The molecule has 110 valence electrons. The molecule has 0 radical (unpaired) electrons. The van der Waals surface area contributed by atoms with Crippen LogP contribution in [0.3, 0.4) is 0 Å². The van der Waals surface area contributed by atoms with E-state index < -0.39 is 0 Å². The van der Waals surface area contributed by atoms with E-state index in [1.807, 2.05) is 0 Å². The van der Waals surface area contributed by atoms with Crippen LogP contribution in [0.2, 0.25) is 0 Å². The molecular formula is C14H21BrN4O. The van der Waals surface area contributed by atoms with Crippen LogP contribution in [0.1, 0.15) is 19.3 Å². The molecule has 1 unspecified atom stereocenters. The fourth-order valence-corrected chi connectivity index (χ4v) is 2.92. The third-order valence-electron chi connectivity index (χ3n) is 3.74. The maximum atomic E-state index is 12.1. The van der Waals surface area contributed by atoms with Crippen LogP contribution < -0.4 is 10.9 Å². The van der Waals surface area contributed by atoms with E-state index in [4.69, 9.17) is 0 Å². The predicted octanol–water partition coefficient (Wildman–Crippen LogP) is 2.09. The number of likely N-dealkylation sites (tertiary alicyclic amines) is 1. The van der Waals surface area contributed by atoms with Gasteiger partial charge in [-0.2, -0.15) is 5.10 Å². The van der Waals surface area contributed by atoms with Crippen molar-refractivity contribution in [3.8, 4) is 0 Å². The van der Waals surface area contributed by atoms with E-state index in [0.29, 0.717) is 17.1 Å². The molecule has 1 saturated heterocycles. The van der Waals surface area contributed by atoms with Crippen LogP contribution in [-0.4, -0.2) is 40.9 Å². The van der Waals surface area contributed by atoms with Crippen molar-refractivity contribution in [1.82, 2.24) is 14.7 Å². The Kier molecular flexibility index (Phi) is 5.37. The van der Waals surface area contributed by atoms with Gasteiger partial charge in [-0.3, -0.25) is 4.79 Å². The summed E-state index contributed by atoms with van der Waals surface area (Å²) >= 11 is 3.36. The minimum atomic E-state index is -0.133. The Labute approximate surface area is 127 Å². The zero-order valence-electron chi connectivity index (χ0n) is 11.8. The van der Waals surface area contributed by atoms with Crippen molar-refractivity contribution in [3.05, 3.63) is 33.7 Å². The number of piperidine rings is 1. The second-order valence-electron chi connectivity index (χ2n) is 5.16. The van der Waals surface area contributed by atoms with Gasteiger partial charge in [0.25, 0.3) is 5.56 Å². The molecular weight excluding hydrogens is 320 g/mol. The SMILES string of the molecule is C=CCn1ncc(NCC2CCCCN2C)c(Br)c1=O. The van der Waals surface area contributed by atoms with Gasteiger partial charge >= 0.3 is 0 Å². The number of aromatic nitrogens is 2. The summed E-state index contributed by atoms with van der Waals surface area (Å²) in [6, 6.07) is 0.520. The third kappa shape index (κ3) is 3.49. The van der Waals surface area contributed by atoms with E-state index in [-0.39, 0.29) is 5.56 Å². The van der Waals surface area contributed by atoms with E-state index in [2.05, 4.69) is 44.9 Å². The number of nitrogens with one attached hydrogen (secondary N) is 1. The first-order valence-electron chi connectivity index (χ1n) is 6.94. The Morgan fingerprint density at radius 2 is 2.40 bits per heavy atom. The fourth-order valence-electron chi connectivity index (χ4n) is 2.47. The lowest BCUT2D eigenvalue weighted by Crippen LogP contribution is -2.41. The van der Waals surface area contributed by atoms with Gasteiger partial charge in [0.15, 0.2) is 0 Å². The molecule has 1 atom stereocenters. The Hall–Kier alpha value is -1.14.